The largest absolute Gasteiger partial charge is 0.323 e. The highest BCUT2D eigenvalue weighted by molar-refractivity contribution is 7.86. The van der Waals surface area contributed by atoms with Crippen LogP contribution >= 0.6 is 0 Å². The molecule has 0 bridgehead atoms. The fraction of sp³-hybridized carbons (Fsp3) is 0.455. The van der Waals surface area contributed by atoms with Crippen molar-refractivity contribution in [2.24, 2.45) is 5.73 Å². The molecular formula is C11H13F2NOS. The van der Waals surface area contributed by atoms with Crippen molar-refractivity contribution in [3.05, 3.63) is 29.3 Å². The number of fused-ring (bicyclic) bond motifs is 1. The molecular weight excluding hydrogens is 232 g/mol. The van der Waals surface area contributed by atoms with Crippen molar-refractivity contribution < 1.29 is 13.0 Å². The Hall–Kier alpha value is -0.810. The van der Waals surface area contributed by atoms with E-state index in [0.29, 0.717) is 12.0 Å². The van der Waals surface area contributed by atoms with Gasteiger partial charge in [0.05, 0.1) is 20.9 Å². The Bertz CT molecular complexity index is 450. The number of rotatable bonds is 2. The van der Waals surface area contributed by atoms with Crippen LogP contribution in [0.3, 0.4) is 0 Å². The number of hydrogen-bond donors (Lipinski definition) is 1. The Labute approximate surface area is 95.3 Å². The number of nitrogens with two attached hydrogens (primary N) is 1. The highest BCUT2D eigenvalue weighted by Crippen LogP contribution is 2.38. The standard InChI is InChI=1S/C11H13F2NOS/c1-2-3-9-10(14)7-4-6(12)5-8(13)11(7)16(9)15/h4-5,9-10H,2-3,14H2,1H3. The molecule has 3 atom stereocenters. The van der Waals surface area contributed by atoms with E-state index in [1.54, 1.807) is 0 Å². The van der Waals surface area contributed by atoms with Crippen LogP contribution in [0.15, 0.2) is 17.0 Å². The lowest BCUT2D eigenvalue weighted by atomic mass is 10.0. The van der Waals surface area contributed by atoms with Crippen LogP contribution in [0.1, 0.15) is 31.4 Å². The van der Waals surface area contributed by atoms with Crippen LogP contribution < -0.4 is 5.73 Å². The summed E-state index contributed by atoms with van der Waals surface area (Å²) in [5.74, 6) is -1.41. The molecule has 0 fully saturated rings. The van der Waals surface area contributed by atoms with Crippen LogP contribution in [0.2, 0.25) is 0 Å². The molecule has 5 heteroatoms. The second kappa shape index (κ2) is 4.22. The van der Waals surface area contributed by atoms with E-state index in [0.717, 1.165) is 12.5 Å². The minimum absolute atomic E-state index is 0.0901. The molecule has 16 heavy (non-hydrogen) atoms. The summed E-state index contributed by atoms with van der Waals surface area (Å²) < 4.78 is 38.5. The Kier molecular flexibility index (Phi) is 3.08. The lowest BCUT2D eigenvalue weighted by molar-refractivity contribution is 0.553. The molecule has 1 heterocycles. The SMILES string of the molecule is CCCC1C(N)c2cc(F)cc(F)c2S1=O. The van der Waals surface area contributed by atoms with E-state index in [1.807, 2.05) is 6.92 Å². The first-order valence-corrected chi connectivity index (χ1v) is 6.42. The zero-order chi connectivity index (χ0) is 11.9. The maximum atomic E-state index is 13.5. The van der Waals surface area contributed by atoms with E-state index in [-0.39, 0.29) is 10.1 Å². The summed E-state index contributed by atoms with van der Waals surface area (Å²) in [4.78, 5) is 0.0901. The highest BCUT2D eigenvalue weighted by atomic mass is 32.2. The van der Waals surface area contributed by atoms with Crippen molar-refractivity contribution in [3.8, 4) is 0 Å². The van der Waals surface area contributed by atoms with E-state index < -0.39 is 28.5 Å². The summed E-state index contributed by atoms with van der Waals surface area (Å²) in [5, 5.41) is -0.295. The van der Waals surface area contributed by atoms with Gasteiger partial charge in [-0.15, -0.1) is 0 Å². The zero-order valence-electron chi connectivity index (χ0n) is 8.87. The molecule has 1 aromatic carbocycles. The van der Waals surface area contributed by atoms with Crippen LogP contribution in [-0.2, 0) is 10.8 Å². The molecule has 1 aromatic rings. The van der Waals surface area contributed by atoms with Gasteiger partial charge >= 0.3 is 0 Å². The molecule has 3 unspecified atom stereocenters. The minimum atomic E-state index is -1.45. The molecule has 88 valence electrons. The monoisotopic (exact) mass is 245 g/mol. The molecule has 0 amide bonds. The molecule has 0 saturated carbocycles. The van der Waals surface area contributed by atoms with Gasteiger partial charge in [-0.25, -0.2) is 8.78 Å². The van der Waals surface area contributed by atoms with Crippen LogP contribution in [0.5, 0.6) is 0 Å². The fourth-order valence-electron chi connectivity index (χ4n) is 2.10. The van der Waals surface area contributed by atoms with Gasteiger partial charge in [-0.2, -0.15) is 0 Å². The maximum Gasteiger partial charge on any atom is 0.142 e. The first-order chi connectivity index (χ1) is 7.56. The number of benzene rings is 1. The molecule has 0 aromatic heterocycles. The number of halogens is 2. The van der Waals surface area contributed by atoms with E-state index in [9.17, 15) is 13.0 Å². The lowest BCUT2D eigenvalue weighted by Crippen LogP contribution is -2.23. The van der Waals surface area contributed by atoms with Gasteiger partial charge in [0, 0.05) is 12.1 Å². The van der Waals surface area contributed by atoms with Gasteiger partial charge in [-0.1, -0.05) is 13.3 Å². The predicted octanol–water partition coefficient (Wildman–Crippen LogP) is 2.25. The Morgan fingerprint density at radius 1 is 1.44 bits per heavy atom. The third-order valence-corrected chi connectivity index (χ3v) is 4.76. The van der Waals surface area contributed by atoms with Gasteiger partial charge in [-0.3, -0.25) is 4.21 Å². The fourth-order valence-corrected chi connectivity index (χ4v) is 3.94. The van der Waals surface area contributed by atoms with Gasteiger partial charge in [0.1, 0.15) is 11.6 Å². The van der Waals surface area contributed by atoms with Crippen LogP contribution in [0, 0.1) is 11.6 Å². The average molecular weight is 245 g/mol. The first kappa shape index (κ1) is 11.7. The minimum Gasteiger partial charge on any atom is -0.323 e. The smallest absolute Gasteiger partial charge is 0.142 e. The summed E-state index contributed by atoms with van der Waals surface area (Å²) in [5.41, 5.74) is 6.23. The van der Waals surface area contributed by atoms with Crippen LogP contribution in [0.25, 0.3) is 0 Å². The van der Waals surface area contributed by atoms with Gasteiger partial charge in [0.25, 0.3) is 0 Å². The van der Waals surface area contributed by atoms with E-state index >= 15 is 0 Å². The molecule has 1 aliphatic rings. The quantitative estimate of drug-likeness (QED) is 0.868. The van der Waals surface area contributed by atoms with Crippen molar-refractivity contribution in [1.82, 2.24) is 0 Å². The molecule has 0 aliphatic carbocycles. The summed E-state index contributed by atoms with van der Waals surface area (Å²) in [6.45, 7) is 1.95. The third kappa shape index (κ3) is 1.68. The van der Waals surface area contributed by atoms with E-state index in [4.69, 9.17) is 5.73 Å². The molecule has 1 aliphatic heterocycles. The summed E-state index contributed by atoms with van der Waals surface area (Å²) in [6.07, 6.45) is 1.48. The van der Waals surface area contributed by atoms with Crippen LogP contribution in [0.4, 0.5) is 8.78 Å². The van der Waals surface area contributed by atoms with Gasteiger partial charge in [0.15, 0.2) is 0 Å². The summed E-state index contributed by atoms with van der Waals surface area (Å²) in [6, 6.07) is 1.43. The zero-order valence-corrected chi connectivity index (χ0v) is 9.69. The van der Waals surface area contributed by atoms with Crippen molar-refractivity contribution in [2.75, 3.05) is 0 Å². The van der Waals surface area contributed by atoms with Crippen LogP contribution in [-0.4, -0.2) is 9.46 Å². The Morgan fingerprint density at radius 2 is 2.12 bits per heavy atom. The summed E-state index contributed by atoms with van der Waals surface area (Å²) in [7, 11) is -1.45. The lowest BCUT2D eigenvalue weighted by Gasteiger charge is -2.12. The predicted molar refractivity (Wildman–Crippen MR) is 58.4 cm³/mol. The average Bonchev–Trinajstić information content (AvgIpc) is 2.43. The molecule has 2 rings (SSSR count). The molecule has 2 N–H and O–H groups in total. The second-order valence-corrected chi connectivity index (χ2v) is 5.56. The van der Waals surface area contributed by atoms with Gasteiger partial charge < -0.3 is 5.73 Å². The van der Waals surface area contributed by atoms with Crippen molar-refractivity contribution >= 4 is 10.8 Å². The molecule has 0 saturated heterocycles. The Morgan fingerprint density at radius 3 is 2.75 bits per heavy atom. The summed E-state index contributed by atoms with van der Waals surface area (Å²) >= 11 is 0. The molecule has 0 spiro atoms. The Balaban J connectivity index is 2.51. The topological polar surface area (TPSA) is 43.1 Å². The van der Waals surface area contributed by atoms with Gasteiger partial charge in [0.2, 0.25) is 0 Å². The molecule has 0 radical (unpaired) electrons. The van der Waals surface area contributed by atoms with Crippen molar-refractivity contribution in [1.29, 1.82) is 0 Å². The maximum absolute atomic E-state index is 13.5. The van der Waals surface area contributed by atoms with E-state index in [1.165, 1.54) is 6.07 Å². The normalized spacial score (nSPS) is 28.1. The van der Waals surface area contributed by atoms with E-state index in [2.05, 4.69) is 0 Å². The van der Waals surface area contributed by atoms with Crippen molar-refractivity contribution in [3.63, 3.8) is 0 Å². The molecule has 2 nitrogen and oxygen atoms in total. The van der Waals surface area contributed by atoms with Crippen molar-refractivity contribution in [2.45, 2.75) is 36.0 Å². The van der Waals surface area contributed by atoms with Gasteiger partial charge in [-0.05, 0) is 18.1 Å². The third-order valence-electron chi connectivity index (χ3n) is 2.85. The number of hydrogen-bond acceptors (Lipinski definition) is 2. The highest BCUT2D eigenvalue weighted by Gasteiger charge is 2.38. The second-order valence-electron chi connectivity index (χ2n) is 3.96. The first-order valence-electron chi connectivity index (χ1n) is 5.21.